The third-order valence-electron chi connectivity index (χ3n) is 2.37. The van der Waals surface area contributed by atoms with Crippen LogP contribution in [0.15, 0.2) is 6.20 Å². The fourth-order valence-electron chi connectivity index (χ4n) is 1.60. The number of carbonyl (C=O) groups is 1. The second-order valence-electron chi connectivity index (χ2n) is 4.70. The van der Waals surface area contributed by atoms with E-state index in [4.69, 9.17) is 4.74 Å². The minimum absolute atomic E-state index is 0.160. The zero-order chi connectivity index (χ0) is 13.7. The summed E-state index contributed by atoms with van der Waals surface area (Å²) in [5, 5.41) is 0. The maximum Gasteiger partial charge on any atom is 0.341 e. The van der Waals surface area contributed by atoms with E-state index >= 15 is 0 Å². The van der Waals surface area contributed by atoms with Crippen molar-refractivity contribution in [3.05, 3.63) is 23.3 Å². The zero-order valence-corrected chi connectivity index (χ0v) is 11.7. The number of esters is 1. The number of aromatic nitrogens is 2. The lowest BCUT2D eigenvalue weighted by molar-refractivity contribution is 0.0523. The maximum absolute atomic E-state index is 11.8. The lowest BCUT2D eigenvalue weighted by Gasteiger charge is -2.14. The predicted octanol–water partition coefficient (Wildman–Crippen LogP) is 1.84. The van der Waals surface area contributed by atoms with Crippen LogP contribution >= 0.6 is 0 Å². The van der Waals surface area contributed by atoms with Crippen LogP contribution in [0.2, 0.25) is 0 Å². The fraction of sp³-hybridized carbons (Fsp3) is 0.615. The van der Waals surface area contributed by atoms with Gasteiger partial charge in [0.15, 0.2) is 0 Å². The molecule has 0 N–H and O–H groups in total. The standard InChI is InChI=1S/C13H21N3O2/c1-6-18-13(17)10-7-14-11(8-16(4)5)15-12(10)9(2)3/h7,9H,6,8H2,1-5H3. The summed E-state index contributed by atoms with van der Waals surface area (Å²) in [6, 6.07) is 0. The van der Waals surface area contributed by atoms with Gasteiger partial charge in [0.25, 0.3) is 0 Å². The fourth-order valence-corrected chi connectivity index (χ4v) is 1.60. The smallest absolute Gasteiger partial charge is 0.341 e. The van der Waals surface area contributed by atoms with E-state index in [9.17, 15) is 4.79 Å². The Morgan fingerprint density at radius 1 is 1.44 bits per heavy atom. The van der Waals surface area contributed by atoms with E-state index < -0.39 is 0 Å². The molecule has 1 rings (SSSR count). The van der Waals surface area contributed by atoms with Crippen LogP contribution in [-0.4, -0.2) is 41.5 Å². The molecular formula is C13H21N3O2. The van der Waals surface area contributed by atoms with Gasteiger partial charge in [-0.1, -0.05) is 13.8 Å². The molecule has 0 spiro atoms. The summed E-state index contributed by atoms with van der Waals surface area (Å²) in [6.45, 7) is 6.81. The van der Waals surface area contributed by atoms with Crippen molar-refractivity contribution in [2.45, 2.75) is 33.2 Å². The van der Waals surface area contributed by atoms with Crippen molar-refractivity contribution in [3.8, 4) is 0 Å². The molecule has 0 radical (unpaired) electrons. The molecule has 0 aliphatic carbocycles. The molecule has 1 aromatic rings. The normalized spacial score (nSPS) is 11.1. The lowest BCUT2D eigenvalue weighted by Crippen LogP contribution is -2.17. The molecule has 5 nitrogen and oxygen atoms in total. The summed E-state index contributed by atoms with van der Waals surface area (Å²) in [5.41, 5.74) is 1.22. The van der Waals surface area contributed by atoms with Crippen LogP contribution in [0.1, 0.15) is 48.6 Å². The molecule has 0 saturated carbocycles. The number of carbonyl (C=O) groups excluding carboxylic acids is 1. The van der Waals surface area contributed by atoms with Gasteiger partial charge in [0.05, 0.1) is 24.4 Å². The van der Waals surface area contributed by atoms with Gasteiger partial charge in [0.1, 0.15) is 5.82 Å². The van der Waals surface area contributed by atoms with Crippen molar-refractivity contribution >= 4 is 5.97 Å². The summed E-state index contributed by atoms with van der Waals surface area (Å²) in [6.07, 6.45) is 1.57. The van der Waals surface area contributed by atoms with Crippen LogP contribution in [0.4, 0.5) is 0 Å². The van der Waals surface area contributed by atoms with Crippen LogP contribution in [0.3, 0.4) is 0 Å². The Labute approximate surface area is 108 Å². The minimum atomic E-state index is -0.349. The number of rotatable bonds is 5. The molecule has 100 valence electrons. The Morgan fingerprint density at radius 2 is 2.11 bits per heavy atom. The first-order valence-corrected chi connectivity index (χ1v) is 6.13. The molecule has 1 aromatic heterocycles. The third kappa shape index (κ3) is 3.77. The molecule has 0 atom stereocenters. The van der Waals surface area contributed by atoms with Gasteiger partial charge in [-0.15, -0.1) is 0 Å². The zero-order valence-electron chi connectivity index (χ0n) is 11.7. The van der Waals surface area contributed by atoms with Gasteiger partial charge >= 0.3 is 5.97 Å². The first kappa shape index (κ1) is 14.6. The van der Waals surface area contributed by atoms with Crippen molar-refractivity contribution in [2.24, 2.45) is 0 Å². The third-order valence-corrected chi connectivity index (χ3v) is 2.37. The Kier molecular flexibility index (Phi) is 5.22. The van der Waals surface area contributed by atoms with Gasteiger partial charge in [-0.3, -0.25) is 0 Å². The van der Waals surface area contributed by atoms with E-state index in [1.54, 1.807) is 13.1 Å². The largest absolute Gasteiger partial charge is 0.462 e. The first-order chi connectivity index (χ1) is 8.45. The van der Waals surface area contributed by atoms with E-state index in [1.807, 2.05) is 32.8 Å². The van der Waals surface area contributed by atoms with Gasteiger partial charge in [0.2, 0.25) is 0 Å². The summed E-state index contributed by atoms with van der Waals surface area (Å²) in [4.78, 5) is 22.5. The van der Waals surface area contributed by atoms with Gasteiger partial charge in [-0.2, -0.15) is 0 Å². The highest BCUT2D eigenvalue weighted by Gasteiger charge is 2.18. The summed E-state index contributed by atoms with van der Waals surface area (Å²) >= 11 is 0. The van der Waals surface area contributed by atoms with Gasteiger partial charge in [0, 0.05) is 6.20 Å². The van der Waals surface area contributed by atoms with Crippen LogP contribution in [0.5, 0.6) is 0 Å². The second kappa shape index (κ2) is 6.44. The molecule has 0 unspecified atom stereocenters. The predicted molar refractivity (Wildman–Crippen MR) is 69.5 cm³/mol. The Hall–Kier alpha value is -1.49. The Bertz CT molecular complexity index is 417. The number of hydrogen-bond donors (Lipinski definition) is 0. The van der Waals surface area contributed by atoms with Crippen LogP contribution in [-0.2, 0) is 11.3 Å². The SMILES string of the molecule is CCOC(=O)c1cnc(CN(C)C)nc1C(C)C. The molecule has 0 fully saturated rings. The van der Waals surface area contributed by atoms with Crippen molar-refractivity contribution < 1.29 is 9.53 Å². The molecule has 0 saturated heterocycles. The van der Waals surface area contributed by atoms with Crippen LogP contribution < -0.4 is 0 Å². The summed E-state index contributed by atoms with van der Waals surface area (Å²) in [7, 11) is 3.91. The monoisotopic (exact) mass is 251 g/mol. The summed E-state index contributed by atoms with van der Waals surface area (Å²) < 4.78 is 5.01. The number of ether oxygens (including phenoxy) is 1. The molecule has 0 aliphatic heterocycles. The molecule has 0 aliphatic rings. The van der Waals surface area contributed by atoms with E-state index in [2.05, 4.69) is 9.97 Å². The lowest BCUT2D eigenvalue weighted by atomic mass is 10.1. The number of hydrogen-bond acceptors (Lipinski definition) is 5. The highest BCUT2D eigenvalue weighted by molar-refractivity contribution is 5.90. The van der Waals surface area contributed by atoms with Crippen LogP contribution in [0, 0.1) is 0 Å². The van der Waals surface area contributed by atoms with Gasteiger partial charge in [-0.05, 0) is 26.9 Å². The van der Waals surface area contributed by atoms with Gasteiger partial charge < -0.3 is 9.64 Å². The highest BCUT2D eigenvalue weighted by Crippen LogP contribution is 2.17. The average molecular weight is 251 g/mol. The summed E-state index contributed by atoms with van der Waals surface area (Å²) in [5.74, 6) is 0.530. The second-order valence-corrected chi connectivity index (χ2v) is 4.70. The van der Waals surface area contributed by atoms with Crippen molar-refractivity contribution in [1.29, 1.82) is 0 Å². The quantitative estimate of drug-likeness (QED) is 0.747. The minimum Gasteiger partial charge on any atom is -0.462 e. The highest BCUT2D eigenvalue weighted by atomic mass is 16.5. The van der Waals surface area contributed by atoms with Crippen LogP contribution in [0.25, 0.3) is 0 Å². The average Bonchev–Trinajstić information content (AvgIpc) is 2.28. The Morgan fingerprint density at radius 3 is 2.61 bits per heavy atom. The van der Waals surface area contributed by atoms with Crippen molar-refractivity contribution in [2.75, 3.05) is 20.7 Å². The molecule has 0 bridgehead atoms. The molecule has 18 heavy (non-hydrogen) atoms. The number of nitrogens with zero attached hydrogens (tertiary/aromatic N) is 3. The topological polar surface area (TPSA) is 55.3 Å². The molecule has 0 aromatic carbocycles. The van der Waals surface area contributed by atoms with E-state index in [-0.39, 0.29) is 11.9 Å². The molecule has 0 amide bonds. The van der Waals surface area contributed by atoms with Crippen molar-refractivity contribution in [1.82, 2.24) is 14.9 Å². The van der Waals surface area contributed by atoms with E-state index in [0.29, 0.717) is 18.7 Å². The molecule has 1 heterocycles. The van der Waals surface area contributed by atoms with Gasteiger partial charge in [-0.25, -0.2) is 14.8 Å². The molecule has 5 heteroatoms. The van der Waals surface area contributed by atoms with E-state index in [0.717, 1.165) is 11.5 Å². The Balaban J connectivity index is 3.08. The van der Waals surface area contributed by atoms with Crippen molar-refractivity contribution in [3.63, 3.8) is 0 Å². The molecular weight excluding hydrogens is 230 g/mol. The first-order valence-electron chi connectivity index (χ1n) is 6.13. The maximum atomic E-state index is 11.8. The van der Waals surface area contributed by atoms with E-state index in [1.165, 1.54) is 0 Å².